The van der Waals surface area contributed by atoms with Crippen molar-refractivity contribution in [2.45, 2.75) is 31.7 Å². The van der Waals surface area contributed by atoms with Crippen LogP contribution in [0.3, 0.4) is 0 Å². The fourth-order valence-electron chi connectivity index (χ4n) is 2.65. The van der Waals surface area contributed by atoms with Crippen LogP contribution in [0, 0.1) is 5.82 Å². The first-order valence-corrected chi connectivity index (χ1v) is 8.16. The van der Waals surface area contributed by atoms with Gasteiger partial charge in [-0.05, 0) is 38.0 Å². The fourth-order valence-corrected chi connectivity index (χ4v) is 2.65. The van der Waals surface area contributed by atoms with Gasteiger partial charge in [-0.3, -0.25) is 10.1 Å². The molecule has 7 nitrogen and oxygen atoms in total. The molecule has 8 heteroatoms. The molecular weight excluding hydrogens is 321 g/mol. The fraction of sp³-hybridized carbons (Fsp3) is 0.294. The summed E-state index contributed by atoms with van der Waals surface area (Å²) in [4.78, 5) is 12.7. The highest BCUT2D eigenvalue weighted by atomic mass is 19.1. The summed E-state index contributed by atoms with van der Waals surface area (Å²) in [5.74, 6) is 0.960. The molecule has 25 heavy (non-hydrogen) atoms. The number of anilines is 2. The lowest BCUT2D eigenvalue weighted by Gasteiger charge is -2.13. The Morgan fingerprint density at radius 2 is 2.12 bits per heavy atom. The zero-order valence-electron chi connectivity index (χ0n) is 13.7. The summed E-state index contributed by atoms with van der Waals surface area (Å²) in [5.41, 5.74) is 9.34. The van der Waals surface area contributed by atoms with Crippen LogP contribution >= 0.6 is 0 Å². The van der Waals surface area contributed by atoms with Gasteiger partial charge in [0.2, 0.25) is 5.95 Å². The summed E-state index contributed by atoms with van der Waals surface area (Å²) in [5, 5.41) is 10.5. The van der Waals surface area contributed by atoms with Crippen molar-refractivity contribution < 1.29 is 4.39 Å². The van der Waals surface area contributed by atoms with E-state index in [0.717, 1.165) is 11.4 Å². The van der Waals surface area contributed by atoms with Gasteiger partial charge >= 0.3 is 0 Å². The number of H-pyrrole nitrogens is 1. The Morgan fingerprint density at radius 3 is 2.80 bits per heavy atom. The van der Waals surface area contributed by atoms with E-state index < -0.39 is 0 Å². The number of hydrogen-bond donors (Lipinski definition) is 3. The molecule has 0 radical (unpaired) electrons. The molecule has 128 valence electrons. The monoisotopic (exact) mass is 339 g/mol. The Labute approximate surface area is 143 Å². The molecule has 3 aromatic heterocycles. The standard InChI is InChI=1S/C17H18FN7/c1-9(13-5-4-11(18)7-20-13)22-17-21-8-12(16(19)23-17)15-6-14(24-25-15)10-2-3-10/h4-10H,2-3H2,1H3,(H,24,25)(H3,19,21,22,23). The minimum absolute atomic E-state index is 0.183. The predicted octanol–water partition coefficient (Wildman–Crippen LogP) is 3.03. The lowest BCUT2D eigenvalue weighted by Crippen LogP contribution is -2.12. The SMILES string of the molecule is CC(Nc1ncc(-c2cc(C3CC3)[nH]n2)c(N)n1)c1ccc(F)cn1. The second-order valence-corrected chi connectivity index (χ2v) is 6.24. The number of hydrogen-bond acceptors (Lipinski definition) is 6. The first-order valence-electron chi connectivity index (χ1n) is 8.16. The van der Waals surface area contributed by atoms with Crippen molar-refractivity contribution in [3.63, 3.8) is 0 Å². The third-order valence-corrected chi connectivity index (χ3v) is 4.25. The number of nitrogens with one attached hydrogen (secondary N) is 2. The summed E-state index contributed by atoms with van der Waals surface area (Å²) in [6.45, 7) is 1.89. The Morgan fingerprint density at radius 1 is 1.28 bits per heavy atom. The van der Waals surface area contributed by atoms with Crippen LogP contribution in [0.25, 0.3) is 11.3 Å². The first-order chi connectivity index (χ1) is 12.1. The maximum atomic E-state index is 13.0. The van der Waals surface area contributed by atoms with E-state index in [-0.39, 0.29) is 11.9 Å². The quantitative estimate of drug-likeness (QED) is 0.660. The Kier molecular flexibility index (Phi) is 3.79. The smallest absolute Gasteiger partial charge is 0.225 e. The van der Waals surface area contributed by atoms with Crippen molar-refractivity contribution in [3.05, 3.63) is 47.8 Å². The summed E-state index contributed by atoms with van der Waals surface area (Å²) >= 11 is 0. The highest BCUT2D eigenvalue weighted by Gasteiger charge is 2.26. The average Bonchev–Trinajstić information content (AvgIpc) is 3.33. The third-order valence-electron chi connectivity index (χ3n) is 4.25. The maximum Gasteiger partial charge on any atom is 0.225 e. The largest absolute Gasteiger partial charge is 0.383 e. The van der Waals surface area contributed by atoms with Crippen LogP contribution in [0.2, 0.25) is 0 Å². The lowest BCUT2D eigenvalue weighted by molar-refractivity contribution is 0.617. The van der Waals surface area contributed by atoms with Gasteiger partial charge in [-0.2, -0.15) is 10.1 Å². The van der Waals surface area contributed by atoms with Gasteiger partial charge in [-0.25, -0.2) is 9.37 Å². The van der Waals surface area contributed by atoms with E-state index in [0.29, 0.717) is 28.9 Å². The molecule has 3 heterocycles. The molecule has 0 saturated heterocycles. The van der Waals surface area contributed by atoms with Crippen LogP contribution in [0.15, 0.2) is 30.6 Å². The van der Waals surface area contributed by atoms with Gasteiger partial charge in [0.15, 0.2) is 0 Å². The number of nitrogens with zero attached hydrogens (tertiary/aromatic N) is 4. The molecule has 1 saturated carbocycles. The lowest BCUT2D eigenvalue weighted by atomic mass is 10.2. The number of nitrogens with two attached hydrogens (primary N) is 1. The van der Waals surface area contributed by atoms with Crippen LogP contribution in [-0.2, 0) is 0 Å². The topological polar surface area (TPSA) is 105 Å². The van der Waals surface area contributed by atoms with E-state index in [2.05, 4.69) is 30.5 Å². The van der Waals surface area contributed by atoms with E-state index in [1.165, 1.54) is 25.1 Å². The van der Waals surface area contributed by atoms with Gasteiger partial charge in [0.05, 0.1) is 29.2 Å². The highest BCUT2D eigenvalue weighted by molar-refractivity contribution is 5.71. The summed E-state index contributed by atoms with van der Waals surface area (Å²) in [7, 11) is 0. The van der Waals surface area contributed by atoms with E-state index >= 15 is 0 Å². The first kappa shape index (κ1) is 15.5. The molecule has 1 aliphatic rings. The Balaban J connectivity index is 1.51. The van der Waals surface area contributed by atoms with E-state index in [4.69, 9.17) is 5.73 Å². The second-order valence-electron chi connectivity index (χ2n) is 6.24. The molecule has 1 atom stereocenters. The molecule has 4 N–H and O–H groups in total. The minimum Gasteiger partial charge on any atom is -0.383 e. The van der Waals surface area contributed by atoms with E-state index in [9.17, 15) is 4.39 Å². The van der Waals surface area contributed by atoms with Crippen molar-refractivity contribution >= 4 is 11.8 Å². The average molecular weight is 339 g/mol. The number of aromatic nitrogens is 5. The van der Waals surface area contributed by atoms with Crippen molar-refractivity contribution in [3.8, 4) is 11.3 Å². The van der Waals surface area contributed by atoms with Gasteiger partial charge in [0, 0.05) is 17.8 Å². The zero-order chi connectivity index (χ0) is 17.4. The number of nitrogen functional groups attached to an aromatic ring is 1. The highest BCUT2D eigenvalue weighted by Crippen LogP contribution is 2.40. The second kappa shape index (κ2) is 6.12. The molecule has 0 spiro atoms. The molecule has 4 rings (SSSR count). The molecule has 0 amide bonds. The van der Waals surface area contributed by atoms with Crippen molar-refractivity contribution in [2.75, 3.05) is 11.1 Å². The summed E-state index contributed by atoms with van der Waals surface area (Å²) in [6, 6.07) is 4.81. The minimum atomic E-state index is -0.370. The third kappa shape index (κ3) is 3.28. The van der Waals surface area contributed by atoms with Crippen molar-refractivity contribution in [1.82, 2.24) is 25.1 Å². The molecule has 0 bridgehead atoms. The Hall–Kier alpha value is -3.03. The molecule has 1 unspecified atom stereocenters. The number of rotatable bonds is 5. The molecule has 0 aliphatic heterocycles. The van der Waals surface area contributed by atoms with Gasteiger partial charge < -0.3 is 11.1 Å². The zero-order valence-corrected chi connectivity index (χ0v) is 13.7. The van der Waals surface area contributed by atoms with Gasteiger partial charge in [-0.1, -0.05) is 0 Å². The number of aromatic amines is 1. The van der Waals surface area contributed by atoms with Crippen molar-refractivity contribution in [2.24, 2.45) is 0 Å². The van der Waals surface area contributed by atoms with Crippen LogP contribution in [0.4, 0.5) is 16.2 Å². The number of halogens is 1. The van der Waals surface area contributed by atoms with Gasteiger partial charge in [-0.15, -0.1) is 0 Å². The summed E-state index contributed by atoms with van der Waals surface area (Å²) < 4.78 is 13.0. The molecular formula is C17H18FN7. The molecule has 1 aliphatic carbocycles. The van der Waals surface area contributed by atoms with Crippen molar-refractivity contribution in [1.29, 1.82) is 0 Å². The van der Waals surface area contributed by atoms with E-state index in [1.54, 1.807) is 12.3 Å². The van der Waals surface area contributed by atoms with Crippen LogP contribution in [0.1, 0.15) is 43.1 Å². The number of pyridine rings is 1. The molecule has 0 aromatic carbocycles. The van der Waals surface area contributed by atoms with Gasteiger partial charge in [0.1, 0.15) is 11.6 Å². The predicted molar refractivity (Wildman–Crippen MR) is 92.2 cm³/mol. The maximum absolute atomic E-state index is 13.0. The normalized spacial score (nSPS) is 15.1. The molecule has 3 aromatic rings. The summed E-state index contributed by atoms with van der Waals surface area (Å²) in [6.07, 6.45) is 5.24. The van der Waals surface area contributed by atoms with Crippen LogP contribution in [0.5, 0.6) is 0 Å². The van der Waals surface area contributed by atoms with Gasteiger partial charge in [0.25, 0.3) is 0 Å². The van der Waals surface area contributed by atoms with Crippen LogP contribution in [-0.4, -0.2) is 25.1 Å². The molecule has 1 fully saturated rings. The van der Waals surface area contributed by atoms with Crippen LogP contribution < -0.4 is 11.1 Å². The van der Waals surface area contributed by atoms with E-state index in [1.807, 2.05) is 13.0 Å². The Bertz CT molecular complexity index is 886.